The molecule has 0 aliphatic carbocycles. The van der Waals surface area contributed by atoms with E-state index in [1.807, 2.05) is 40.7 Å². The van der Waals surface area contributed by atoms with E-state index in [-0.39, 0.29) is 5.41 Å². The van der Waals surface area contributed by atoms with Crippen LogP contribution in [0.15, 0.2) is 17.0 Å². The van der Waals surface area contributed by atoms with Crippen molar-refractivity contribution in [3.8, 4) is 0 Å². The van der Waals surface area contributed by atoms with Gasteiger partial charge in [0, 0.05) is 12.2 Å². The zero-order chi connectivity index (χ0) is 15.6. The molecule has 0 saturated carbocycles. The third kappa shape index (κ3) is 4.21. The summed E-state index contributed by atoms with van der Waals surface area (Å²) in [6, 6.07) is 3.60. The molecule has 1 aromatic carbocycles. The van der Waals surface area contributed by atoms with Crippen molar-refractivity contribution >= 4 is 15.7 Å². The van der Waals surface area contributed by atoms with Crippen molar-refractivity contribution in [1.82, 2.24) is 4.72 Å². The van der Waals surface area contributed by atoms with Crippen molar-refractivity contribution in [1.29, 1.82) is 0 Å². The second kappa shape index (κ2) is 6.14. The zero-order valence-corrected chi connectivity index (χ0v) is 13.9. The first-order valence-corrected chi connectivity index (χ1v) is 8.50. The summed E-state index contributed by atoms with van der Waals surface area (Å²) in [5, 5.41) is 0. The minimum absolute atomic E-state index is 0.104. The molecule has 0 radical (unpaired) electrons. The Hall–Kier alpha value is -1.07. The van der Waals surface area contributed by atoms with Crippen molar-refractivity contribution in [3.63, 3.8) is 0 Å². The van der Waals surface area contributed by atoms with Crippen molar-refractivity contribution in [3.05, 3.63) is 23.3 Å². The second-order valence-corrected chi connectivity index (χ2v) is 7.99. The highest BCUT2D eigenvalue weighted by molar-refractivity contribution is 7.89. The van der Waals surface area contributed by atoms with E-state index in [1.54, 1.807) is 6.07 Å². The third-order valence-electron chi connectivity index (χ3n) is 3.15. The molecule has 4 nitrogen and oxygen atoms in total. The Balaban J connectivity index is 3.26. The van der Waals surface area contributed by atoms with Gasteiger partial charge >= 0.3 is 0 Å². The van der Waals surface area contributed by atoms with Crippen LogP contribution in [0.4, 0.5) is 5.69 Å². The lowest BCUT2D eigenvalue weighted by molar-refractivity contribution is 0.407. The van der Waals surface area contributed by atoms with Gasteiger partial charge < -0.3 is 5.73 Å². The van der Waals surface area contributed by atoms with Crippen LogP contribution in [0.5, 0.6) is 0 Å². The lowest BCUT2D eigenvalue weighted by Gasteiger charge is -2.20. The quantitative estimate of drug-likeness (QED) is 0.821. The fourth-order valence-electron chi connectivity index (χ4n) is 1.94. The van der Waals surface area contributed by atoms with Crippen LogP contribution in [0.1, 0.15) is 45.7 Å². The van der Waals surface area contributed by atoms with Gasteiger partial charge in [-0.2, -0.15) is 0 Å². The van der Waals surface area contributed by atoms with E-state index < -0.39 is 10.0 Å². The number of nitrogen functional groups attached to an aromatic ring is 1. The fourth-order valence-corrected chi connectivity index (χ4v) is 3.61. The molecular weight excluding hydrogens is 272 g/mol. The van der Waals surface area contributed by atoms with E-state index >= 15 is 0 Å². The molecular formula is C15H26N2O2S. The molecule has 1 aromatic rings. The largest absolute Gasteiger partial charge is 0.398 e. The standard InChI is InChI=1S/C15H26N2O2S/c1-6-11-8-13(16)12(7-2)14(9-11)20(18,19)17-10-15(3,4)5/h8-9,17H,6-7,10,16H2,1-5H3. The average Bonchev–Trinajstić information content (AvgIpc) is 2.34. The summed E-state index contributed by atoms with van der Waals surface area (Å²) in [6.45, 7) is 10.3. The first-order valence-electron chi connectivity index (χ1n) is 7.01. The van der Waals surface area contributed by atoms with Gasteiger partial charge in [0.2, 0.25) is 10.0 Å². The fraction of sp³-hybridized carbons (Fsp3) is 0.600. The van der Waals surface area contributed by atoms with E-state index in [1.165, 1.54) is 0 Å². The van der Waals surface area contributed by atoms with E-state index in [0.717, 1.165) is 12.0 Å². The average molecular weight is 298 g/mol. The topological polar surface area (TPSA) is 72.2 Å². The van der Waals surface area contributed by atoms with Gasteiger partial charge in [-0.3, -0.25) is 0 Å². The number of hydrogen-bond donors (Lipinski definition) is 2. The van der Waals surface area contributed by atoms with Crippen molar-refractivity contribution in [2.45, 2.75) is 52.4 Å². The van der Waals surface area contributed by atoms with Gasteiger partial charge in [0.1, 0.15) is 0 Å². The monoisotopic (exact) mass is 298 g/mol. The summed E-state index contributed by atoms with van der Waals surface area (Å²) < 4.78 is 27.7. The molecule has 0 aliphatic rings. The van der Waals surface area contributed by atoms with Crippen molar-refractivity contribution in [2.75, 3.05) is 12.3 Å². The van der Waals surface area contributed by atoms with E-state index in [2.05, 4.69) is 4.72 Å². The minimum atomic E-state index is -3.52. The van der Waals surface area contributed by atoms with Crippen LogP contribution < -0.4 is 10.5 Å². The molecule has 0 unspecified atom stereocenters. The number of nitrogens with one attached hydrogen (secondary N) is 1. The maximum Gasteiger partial charge on any atom is 0.240 e. The molecule has 3 N–H and O–H groups in total. The van der Waals surface area contributed by atoms with E-state index in [9.17, 15) is 8.42 Å². The van der Waals surface area contributed by atoms with E-state index in [0.29, 0.717) is 29.1 Å². The Morgan fingerprint density at radius 1 is 1.15 bits per heavy atom. The summed E-state index contributed by atoms with van der Waals surface area (Å²) in [5.41, 5.74) is 8.09. The Labute approximate surface area is 122 Å². The van der Waals surface area contributed by atoms with Crippen LogP contribution in [0.2, 0.25) is 0 Å². The number of benzene rings is 1. The van der Waals surface area contributed by atoms with Gasteiger partial charge in [-0.05, 0) is 41.5 Å². The number of nitrogens with two attached hydrogens (primary N) is 1. The van der Waals surface area contributed by atoms with Gasteiger partial charge in [-0.1, -0.05) is 34.6 Å². The van der Waals surface area contributed by atoms with Crippen molar-refractivity contribution in [2.24, 2.45) is 5.41 Å². The Bertz CT molecular complexity index is 572. The van der Waals surface area contributed by atoms with Crippen LogP contribution in [0.25, 0.3) is 0 Å². The van der Waals surface area contributed by atoms with Crippen LogP contribution in [0.3, 0.4) is 0 Å². The first-order chi connectivity index (χ1) is 9.10. The lowest BCUT2D eigenvalue weighted by atomic mass is 9.98. The molecule has 1 rings (SSSR count). The summed E-state index contributed by atoms with van der Waals surface area (Å²) in [4.78, 5) is 0.320. The highest BCUT2D eigenvalue weighted by Gasteiger charge is 2.22. The maximum absolute atomic E-state index is 12.5. The Morgan fingerprint density at radius 3 is 2.20 bits per heavy atom. The SMILES string of the molecule is CCc1cc(N)c(CC)c(S(=O)(=O)NCC(C)(C)C)c1. The lowest BCUT2D eigenvalue weighted by Crippen LogP contribution is -2.33. The molecule has 0 aliphatic heterocycles. The molecule has 0 fully saturated rings. The number of sulfonamides is 1. The summed E-state index contributed by atoms with van der Waals surface area (Å²) in [7, 11) is -3.52. The van der Waals surface area contributed by atoms with Gasteiger partial charge in [0.05, 0.1) is 4.90 Å². The zero-order valence-electron chi connectivity index (χ0n) is 13.1. The highest BCUT2D eigenvalue weighted by atomic mass is 32.2. The highest BCUT2D eigenvalue weighted by Crippen LogP contribution is 2.25. The molecule has 0 amide bonds. The summed E-state index contributed by atoms with van der Waals surface area (Å²) >= 11 is 0. The smallest absolute Gasteiger partial charge is 0.240 e. The third-order valence-corrected chi connectivity index (χ3v) is 4.61. The van der Waals surface area contributed by atoms with Crippen LogP contribution in [-0.4, -0.2) is 15.0 Å². The molecule has 0 heterocycles. The van der Waals surface area contributed by atoms with Gasteiger partial charge in [0.25, 0.3) is 0 Å². The van der Waals surface area contributed by atoms with Gasteiger partial charge in [0.15, 0.2) is 0 Å². The van der Waals surface area contributed by atoms with Crippen LogP contribution >= 0.6 is 0 Å². The van der Waals surface area contributed by atoms with E-state index in [4.69, 9.17) is 5.73 Å². The Morgan fingerprint density at radius 2 is 1.75 bits per heavy atom. The maximum atomic E-state index is 12.5. The molecule has 0 aromatic heterocycles. The number of hydrogen-bond acceptors (Lipinski definition) is 3. The summed E-state index contributed by atoms with van der Waals surface area (Å²) in [5.74, 6) is 0. The van der Waals surface area contributed by atoms with Crippen molar-refractivity contribution < 1.29 is 8.42 Å². The second-order valence-electron chi connectivity index (χ2n) is 6.25. The normalized spacial score (nSPS) is 12.7. The molecule has 0 atom stereocenters. The predicted molar refractivity (Wildman–Crippen MR) is 84.3 cm³/mol. The minimum Gasteiger partial charge on any atom is -0.398 e. The van der Waals surface area contributed by atoms with Crippen LogP contribution in [0, 0.1) is 5.41 Å². The molecule has 5 heteroatoms. The molecule has 0 spiro atoms. The number of anilines is 1. The molecule has 0 saturated heterocycles. The molecule has 114 valence electrons. The number of rotatable bonds is 5. The van der Waals surface area contributed by atoms with Gasteiger partial charge in [-0.15, -0.1) is 0 Å². The Kier molecular flexibility index (Phi) is 5.21. The molecule has 0 bridgehead atoms. The number of aryl methyl sites for hydroxylation is 1. The first kappa shape index (κ1) is 17.0. The van der Waals surface area contributed by atoms with Gasteiger partial charge in [-0.25, -0.2) is 13.1 Å². The van der Waals surface area contributed by atoms with Crippen LogP contribution in [-0.2, 0) is 22.9 Å². The molecule has 20 heavy (non-hydrogen) atoms. The summed E-state index contributed by atoms with van der Waals surface area (Å²) in [6.07, 6.45) is 1.36. The predicted octanol–water partition coefficient (Wildman–Crippen LogP) is 2.72.